The van der Waals surface area contributed by atoms with Gasteiger partial charge in [0.05, 0.1) is 29.4 Å². The Morgan fingerprint density at radius 3 is 2.52 bits per heavy atom. The van der Waals surface area contributed by atoms with Crippen molar-refractivity contribution in [1.29, 1.82) is 0 Å². The van der Waals surface area contributed by atoms with Crippen molar-refractivity contribution >= 4 is 22.9 Å². The van der Waals surface area contributed by atoms with Crippen LogP contribution in [-0.4, -0.2) is 47.8 Å². The molecule has 1 amide bonds. The summed E-state index contributed by atoms with van der Waals surface area (Å²) in [4.78, 5) is 19.9. The molecule has 0 saturated carbocycles. The average Bonchev–Trinajstić information content (AvgIpc) is 3.41. The fourth-order valence-electron chi connectivity index (χ4n) is 4.94. The molecule has 1 unspecified atom stereocenters. The standard InChI is InChI=1S/C26H31FN4O2/c1-16-10-20(27)14-22(11-16)31-24-13-18(3)17(2)12-23(24)29-26(31)30-7-4-19(5-8-30)25(32)28-21-6-9-33-15-21/h10-14,19,21H,4-9,15H2,1-3H3,(H,28,32). The van der Waals surface area contributed by atoms with Crippen LogP contribution in [0, 0.1) is 32.5 Å². The van der Waals surface area contributed by atoms with E-state index in [0.29, 0.717) is 6.61 Å². The quantitative estimate of drug-likeness (QED) is 0.647. The highest BCUT2D eigenvalue weighted by Crippen LogP contribution is 2.32. The molecule has 33 heavy (non-hydrogen) atoms. The number of benzene rings is 2. The average molecular weight is 451 g/mol. The first-order valence-corrected chi connectivity index (χ1v) is 11.8. The van der Waals surface area contributed by atoms with Gasteiger partial charge in [-0.1, -0.05) is 0 Å². The predicted molar refractivity (Wildman–Crippen MR) is 128 cm³/mol. The molecule has 2 aliphatic rings. The first-order valence-electron chi connectivity index (χ1n) is 11.8. The Hall–Kier alpha value is -2.93. The predicted octanol–water partition coefficient (Wildman–Crippen LogP) is 4.21. The number of carbonyl (C=O) groups is 1. The molecule has 2 fully saturated rings. The summed E-state index contributed by atoms with van der Waals surface area (Å²) in [6.07, 6.45) is 2.42. The molecule has 1 aromatic heterocycles. The summed E-state index contributed by atoms with van der Waals surface area (Å²) in [5, 5.41) is 3.14. The number of ether oxygens (including phenoxy) is 1. The molecule has 0 spiro atoms. The van der Waals surface area contributed by atoms with Crippen LogP contribution in [0.3, 0.4) is 0 Å². The molecular weight excluding hydrogens is 419 g/mol. The number of hydrogen-bond donors (Lipinski definition) is 1. The molecule has 0 radical (unpaired) electrons. The second kappa shape index (κ2) is 8.78. The van der Waals surface area contributed by atoms with Crippen LogP contribution >= 0.6 is 0 Å². The van der Waals surface area contributed by atoms with E-state index in [9.17, 15) is 9.18 Å². The zero-order valence-electron chi connectivity index (χ0n) is 19.5. The van der Waals surface area contributed by atoms with Gasteiger partial charge in [0.2, 0.25) is 11.9 Å². The number of imidazole rings is 1. The number of aryl methyl sites for hydroxylation is 3. The van der Waals surface area contributed by atoms with Crippen LogP contribution in [0.25, 0.3) is 16.7 Å². The minimum absolute atomic E-state index is 0.000538. The lowest BCUT2D eigenvalue weighted by atomic mass is 9.95. The van der Waals surface area contributed by atoms with Gasteiger partial charge in [-0.3, -0.25) is 9.36 Å². The van der Waals surface area contributed by atoms with Crippen molar-refractivity contribution in [1.82, 2.24) is 14.9 Å². The van der Waals surface area contributed by atoms with E-state index < -0.39 is 0 Å². The molecule has 174 valence electrons. The summed E-state index contributed by atoms with van der Waals surface area (Å²) in [5.41, 5.74) is 5.87. The van der Waals surface area contributed by atoms with Gasteiger partial charge in [-0.05, 0) is 87.1 Å². The number of piperidine rings is 1. The second-order valence-corrected chi connectivity index (χ2v) is 9.49. The van der Waals surface area contributed by atoms with Crippen LogP contribution in [0.5, 0.6) is 0 Å². The van der Waals surface area contributed by atoms with E-state index in [-0.39, 0.29) is 23.7 Å². The number of fused-ring (bicyclic) bond motifs is 1. The molecule has 5 rings (SSSR count). The van der Waals surface area contributed by atoms with E-state index >= 15 is 0 Å². The Balaban J connectivity index is 1.45. The van der Waals surface area contributed by atoms with Gasteiger partial charge < -0.3 is 15.0 Å². The number of nitrogens with one attached hydrogen (secondary N) is 1. The first kappa shape index (κ1) is 21.9. The fourth-order valence-corrected chi connectivity index (χ4v) is 4.94. The van der Waals surface area contributed by atoms with Gasteiger partial charge in [0.15, 0.2) is 0 Å². The number of rotatable bonds is 4. The number of anilines is 1. The smallest absolute Gasteiger partial charge is 0.223 e. The highest BCUT2D eigenvalue weighted by Gasteiger charge is 2.30. The highest BCUT2D eigenvalue weighted by atomic mass is 19.1. The van der Waals surface area contributed by atoms with E-state index in [2.05, 4.69) is 40.8 Å². The summed E-state index contributed by atoms with van der Waals surface area (Å²) < 4.78 is 21.8. The molecule has 2 aliphatic heterocycles. The Bertz CT molecular complexity index is 1170. The van der Waals surface area contributed by atoms with E-state index in [1.807, 2.05) is 13.0 Å². The van der Waals surface area contributed by atoms with E-state index in [0.717, 1.165) is 67.2 Å². The highest BCUT2D eigenvalue weighted by molar-refractivity contribution is 5.83. The Kier molecular flexibility index (Phi) is 5.83. The Morgan fingerprint density at radius 2 is 1.82 bits per heavy atom. The Morgan fingerprint density at radius 1 is 1.06 bits per heavy atom. The number of carbonyl (C=O) groups excluding carboxylic acids is 1. The van der Waals surface area contributed by atoms with E-state index in [1.165, 1.54) is 17.2 Å². The number of amides is 1. The zero-order chi connectivity index (χ0) is 23.1. The molecule has 7 heteroatoms. The monoisotopic (exact) mass is 450 g/mol. The minimum atomic E-state index is -0.257. The zero-order valence-corrected chi connectivity index (χ0v) is 19.5. The van der Waals surface area contributed by atoms with Crippen molar-refractivity contribution in [2.45, 2.75) is 46.1 Å². The number of nitrogens with zero attached hydrogens (tertiary/aromatic N) is 3. The lowest BCUT2D eigenvalue weighted by molar-refractivity contribution is -0.126. The van der Waals surface area contributed by atoms with Gasteiger partial charge in [0.25, 0.3) is 0 Å². The molecule has 2 saturated heterocycles. The number of hydrogen-bond acceptors (Lipinski definition) is 4. The van der Waals surface area contributed by atoms with Crippen molar-refractivity contribution in [2.75, 3.05) is 31.2 Å². The van der Waals surface area contributed by atoms with Crippen molar-refractivity contribution < 1.29 is 13.9 Å². The molecule has 3 heterocycles. The van der Waals surface area contributed by atoms with Gasteiger partial charge in [-0.2, -0.15) is 0 Å². The molecular formula is C26H31FN4O2. The van der Waals surface area contributed by atoms with Crippen molar-refractivity contribution in [3.8, 4) is 5.69 Å². The molecule has 0 aliphatic carbocycles. The molecule has 1 atom stereocenters. The largest absolute Gasteiger partial charge is 0.379 e. The van der Waals surface area contributed by atoms with Crippen LogP contribution < -0.4 is 10.2 Å². The number of aromatic nitrogens is 2. The summed E-state index contributed by atoms with van der Waals surface area (Å²) in [5.74, 6) is 0.683. The van der Waals surface area contributed by atoms with Crippen LogP contribution in [0.2, 0.25) is 0 Å². The van der Waals surface area contributed by atoms with Gasteiger partial charge in [-0.15, -0.1) is 0 Å². The number of halogens is 1. The van der Waals surface area contributed by atoms with E-state index in [1.54, 1.807) is 6.07 Å². The van der Waals surface area contributed by atoms with Gasteiger partial charge in [0, 0.05) is 25.6 Å². The van der Waals surface area contributed by atoms with Crippen molar-refractivity contribution in [2.24, 2.45) is 5.92 Å². The Labute approximate surface area is 193 Å². The third-order valence-corrected chi connectivity index (χ3v) is 6.96. The normalized spacial score (nSPS) is 19.4. The lowest BCUT2D eigenvalue weighted by Gasteiger charge is -2.33. The minimum Gasteiger partial charge on any atom is -0.379 e. The maximum absolute atomic E-state index is 14.3. The third kappa shape index (κ3) is 4.34. The van der Waals surface area contributed by atoms with Gasteiger partial charge in [-0.25, -0.2) is 9.37 Å². The maximum atomic E-state index is 14.3. The summed E-state index contributed by atoms with van der Waals surface area (Å²) in [6, 6.07) is 9.47. The van der Waals surface area contributed by atoms with Crippen LogP contribution in [-0.2, 0) is 9.53 Å². The molecule has 6 nitrogen and oxygen atoms in total. The van der Waals surface area contributed by atoms with E-state index in [4.69, 9.17) is 9.72 Å². The molecule has 2 aromatic carbocycles. The molecule has 0 bridgehead atoms. The second-order valence-electron chi connectivity index (χ2n) is 9.49. The van der Waals surface area contributed by atoms with Crippen molar-refractivity contribution in [3.63, 3.8) is 0 Å². The summed E-state index contributed by atoms with van der Waals surface area (Å²) in [6.45, 7) is 8.87. The summed E-state index contributed by atoms with van der Waals surface area (Å²) in [7, 11) is 0. The fraction of sp³-hybridized carbons (Fsp3) is 0.462. The van der Waals surface area contributed by atoms with Crippen LogP contribution in [0.15, 0.2) is 30.3 Å². The van der Waals surface area contributed by atoms with Gasteiger partial charge >= 0.3 is 0 Å². The molecule has 3 aromatic rings. The van der Waals surface area contributed by atoms with Crippen LogP contribution in [0.1, 0.15) is 36.0 Å². The third-order valence-electron chi connectivity index (χ3n) is 6.96. The molecule has 1 N–H and O–H groups in total. The topological polar surface area (TPSA) is 59.4 Å². The van der Waals surface area contributed by atoms with Crippen molar-refractivity contribution in [3.05, 3.63) is 52.8 Å². The maximum Gasteiger partial charge on any atom is 0.223 e. The lowest BCUT2D eigenvalue weighted by Crippen LogP contribution is -2.44. The van der Waals surface area contributed by atoms with Gasteiger partial charge in [0.1, 0.15) is 5.82 Å². The SMILES string of the molecule is Cc1cc(F)cc(-n2c(N3CCC(C(=O)NC4CCOC4)CC3)nc3cc(C)c(C)cc32)c1. The summed E-state index contributed by atoms with van der Waals surface area (Å²) >= 11 is 0. The van der Waals surface area contributed by atoms with Crippen LogP contribution in [0.4, 0.5) is 10.3 Å². The first-order chi connectivity index (χ1) is 15.9.